The summed E-state index contributed by atoms with van der Waals surface area (Å²) in [5.41, 5.74) is 0.771. The predicted molar refractivity (Wildman–Crippen MR) is 85.2 cm³/mol. The molecular weight excluding hydrogens is 371 g/mol. The molecule has 0 bridgehead atoms. The molecule has 6 heteroatoms. The number of carbonyl (C=O) groups is 1. The van der Waals surface area contributed by atoms with E-state index in [-0.39, 0.29) is 11.3 Å². The Morgan fingerprint density at radius 2 is 1.85 bits per heavy atom. The summed E-state index contributed by atoms with van der Waals surface area (Å²) in [7, 11) is 0. The van der Waals surface area contributed by atoms with Crippen molar-refractivity contribution in [2.75, 3.05) is 0 Å². The van der Waals surface area contributed by atoms with Crippen LogP contribution >= 0.6 is 22.6 Å². The number of hydrogen-bond donors (Lipinski definition) is 2. The molecule has 2 aromatic rings. The fraction of sp³-hybridized carbons (Fsp3) is 0.0714. The van der Waals surface area contributed by atoms with E-state index in [1.165, 1.54) is 12.3 Å². The molecule has 20 heavy (non-hydrogen) atoms. The normalized spacial score (nSPS) is 11.4. The first-order chi connectivity index (χ1) is 9.47. The lowest BCUT2D eigenvalue weighted by Crippen LogP contribution is -2.23. The number of aryl methyl sites for hydroxylation is 1. The highest BCUT2D eigenvalue weighted by Crippen LogP contribution is 2.18. The number of allylic oxidation sites excluding steroid dienone is 1. The van der Waals surface area contributed by atoms with Crippen molar-refractivity contribution >= 4 is 32.0 Å². The zero-order valence-electron chi connectivity index (χ0n) is 10.6. The van der Waals surface area contributed by atoms with Crippen molar-refractivity contribution in [2.24, 2.45) is 0 Å². The lowest BCUT2D eigenvalue weighted by molar-refractivity contribution is 0.104. The Bertz CT molecular complexity index is 785. The Morgan fingerprint density at radius 3 is 2.45 bits per heavy atom. The largest absolute Gasteiger partial charge is 0.325 e. The third kappa shape index (κ3) is 3.32. The number of hydrogen-bond acceptors (Lipinski definition) is 3. The molecule has 102 valence electrons. The van der Waals surface area contributed by atoms with E-state index in [1.54, 1.807) is 12.1 Å². The lowest BCUT2D eigenvalue weighted by Gasteiger charge is -1.99. The first-order valence-electron chi connectivity index (χ1n) is 5.78. The fourth-order valence-electron chi connectivity index (χ4n) is 1.58. The van der Waals surface area contributed by atoms with Gasteiger partial charge in [-0.1, -0.05) is 29.8 Å². The average Bonchev–Trinajstić information content (AvgIpc) is 2.39. The Labute approximate surface area is 127 Å². The van der Waals surface area contributed by atoms with Crippen LogP contribution in [0.25, 0.3) is 3.58 Å². The van der Waals surface area contributed by atoms with Crippen molar-refractivity contribution in [3.05, 3.63) is 74.1 Å². The van der Waals surface area contributed by atoms with E-state index in [9.17, 15) is 14.4 Å². The molecule has 1 aromatic carbocycles. The molecule has 0 aliphatic carbocycles. The smallest absolute Gasteiger partial charge is 0.313 e. The summed E-state index contributed by atoms with van der Waals surface area (Å²) in [4.78, 5) is 39.1. The Kier molecular flexibility index (Phi) is 4.33. The van der Waals surface area contributed by atoms with E-state index < -0.39 is 11.2 Å². The molecular formula is C14H11IN2O3. The second-order valence-electron chi connectivity index (χ2n) is 4.21. The van der Waals surface area contributed by atoms with E-state index in [1.807, 2.05) is 41.6 Å². The molecule has 1 aromatic heterocycles. The monoisotopic (exact) mass is 382 g/mol. The van der Waals surface area contributed by atoms with Crippen LogP contribution in [0.4, 0.5) is 0 Å². The van der Waals surface area contributed by atoms with Gasteiger partial charge in [0, 0.05) is 21.4 Å². The quantitative estimate of drug-likeness (QED) is 0.484. The van der Waals surface area contributed by atoms with Crippen LogP contribution in [-0.2, 0) is 0 Å². The third-order valence-electron chi connectivity index (χ3n) is 2.67. The van der Waals surface area contributed by atoms with Gasteiger partial charge < -0.3 is 4.98 Å². The number of benzene rings is 1. The highest BCUT2D eigenvalue weighted by atomic mass is 127. The van der Waals surface area contributed by atoms with Gasteiger partial charge in [0.15, 0.2) is 5.78 Å². The molecule has 2 N–H and O–H groups in total. The number of rotatable bonds is 3. The van der Waals surface area contributed by atoms with Crippen molar-refractivity contribution in [1.82, 2.24) is 9.97 Å². The summed E-state index contributed by atoms with van der Waals surface area (Å²) in [6, 6.07) is 7.16. The summed E-state index contributed by atoms with van der Waals surface area (Å²) in [6.07, 6.45) is 2.66. The maximum Gasteiger partial charge on any atom is 0.325 e. The summed E-state index contributed by atoms with van der Waals surface area (Å²) in [5.74, 6) is -0.194. The van der Waals surface area contributed by atoms with Gasteiger partial charge in [0.1, 0.15) is 0 Å². The first kappa shape index (κ1) is 14.4. The highest BCUT2D eigenvalue weighted by molar-refractivity contribution is 14.1. The van der Waals surface area contributed by atoms with E-state index in [0.717, 1.165) is 5.56 Å². The second-order valence-corrected chi connectivity index (χ2v) is 5.37. The van der Waals surface area contributed by atoms with Crippen LogP contribution in [0.5, 0.6) is 0 Å². The first-order valence-corrected chi connectivity index (χ1v) is 6.86. The Hall–Kier alpha value is -1.96. The minimum atomic E-state index is -0.576. The van der Waals surface area contributed by atoms with Crippen LogP contribution in [0.3, 0.4) is 0 Å². The van der Waals surface area contributed by atoms with Crippen molar-refractivity contribution < 1.29 is 4.79 Å². The minimum absolute atomic E-state index is 0.194. The van der Waals surface area contributed by atoms with Crippen LogP contribution in [0.15, 0.2) is 46.1 Å². The van der Waals surface area contributed by atoms with E-state index >= 15 is 0 Å². The number of carbonyl (C=O) groups excluding carboxylic acids is 1. The van der Waals surface area contributed by atoms with Crippen LogP contribution < -0.4 is 11.2 Å². The fourth-order valence-corrected chi connectivity index (χ4v) is 2.26. The summed E-state index contributed by atoms with van der Waals surface area (Å²) in [5, 5.41) is 0. The summed E-state index contributed by atoms with van der Waals surface area (Å²) in [6.45, 7) is 1.94. The van der Waals surface area contributed by atoms with Crippen molar-refractivity contribution in [2.45, 2.75) is 6.92 Å². The van der Waals surface area contributed by atoms with Gasteiger partial charge in [-0.25, -0.2) is 4.79 Å². The van der Waals surface area contributed by atoms with Crippen LogP contribution in [0, 0.1) is 6.92 Å². The molecule has 5 nitrogen and oxygen atoms in total. The van der Waals surface area contributed by atoms with E-state index in [4.69, 9.17) is 0 Å². The summed E-state index contributed by atoms with van der Waals surface area (Å²) >= 11 is 1.89. The summed E-state index contributed by atoms with van der Waals surface area (Å²) < 4.78 is 0.464. The zero-order chi connectivity index (χ0) is 14.7. The molecule has 0 atom stereocenters. The molecule has 0 unspecified atom stereocenters. The molecule has 1 heterocycles. The van der Waals surface area contributed by atoms with Gasteiger partial charge >= 0.3 is 5.69 Å². The van der Waals surface area contributed by atoms with E-state index in [0.29, 0.717) is 9.14 Å². The van der Waals surface area contributed by atoms with Crippen LogP contribution in [0.2, 0.25) is 0 Å². The SMILES string of the molecule is Cc1ccc(C(=O)/C=C(\I)c2c[nH]c(=O)[nH]c2=O)cc1. The van der Waals surface area contributed by atoms with Gasteiger partial charge in [-0.3, -0.25) is 14.6 Å². The molecule has 0 aliphatic heterocycles. The van der Waals surface area contributed by atoms with E-state index in [2.05, 4.69) is 9.97 Å². The maximum atomic E-state index is 12.1. The number of nitrogens with one attached hydrogen (secondary N) is 2. The maximum absolute atomic E-state index is 12.1. The topological polar surface area (TPSA) is 82.8 Å². The zero-order valence-corrected chi connectivity index (χ0v) is 12.7. The van der Waals surface area contributed by atoms with Crippen molar-refractivity contribution in [3.8, 4) is 0 Å². The van der Waals surface area contributed by atoms with Crippen molar-refractivity contribution in [1.29, 1.82) is 0 Å². The second kappa shape index (κ2) is 6.00. The number of aromatic nitrogens is 2. The van der Waals surface area contributed by atoms with Crippen LogP contribution in [-0.4, -0.2) is 15.8 Å². The van der Waals surface area contributed by atoms with Crippen LogP contribution in [0.1, 0.15) is 21.5 Å². The highest BCUT2D eigenvalue weighted by Gasteiger charge is 2.08. The Morgan fingerprint density at radius 1 is 1.20 bits per heavy atom. The number of H-pyrrole nitrogens is 2. The molecule has 0 radical (unpaired) electrons. The molecule has 0 fully saturated rings. The molecule has 0 saturated carbocycles. The van der Waals surface area contributed by atoms with Gasteiger partial charge in [0.25, 0.3) is 5.56 Å². The predicted octanol–water partition coefficient (Wildman–Crippen LogP) is 2.03. The lowest BCUT2D eigenvalue weighted by atomic mass is 10.1. The van der Waals surface area contributed by atoms with Gasteiger partial charge in [0.2, 0.25) is 0 Å². The van der Waals surface area contributed by atoms with Gasteiger partial charge in [-0.2, -0.15) is 0 Å². The molecule has 0 spiro atoms. The van der Waals surface area contributed by atoms with Gasteiger partial charge in [0.05, 0.1) is 5.56 Å². The minimum Gasteiger partial charge on any atom is -0.313 e. The number of halogens is 1. The molecule has 0 saturated heterocycles. The number of aromatic amines is 2. The number of ketones is 1. The standard InChI is InChI=1S/C14H11IN2O3/c1-8-2-4-9(5-3-8)12(18)6-11(15)10-7-16-14(20)17-13(10)19/h2-7H,1H3,(H2,16,17,19,20)/b11-6-. The van der Waals surface area contributed by atoms with Gasteiger partial charge in [-0.15, -0.1) is 0 Å². The Balaban J connectivity index is 2.34. The van der Waals surface area contributed by atoms with Crippen molar-refractivity contribution in [3.63, 3.8) is 0 Å². The molecule has 0 amide bonds. The molecule has 0 aliphatic rings. The van der Waals surface area contributed by atoms with Gasteiger partial charge in [-0.05, 0) is 29.5 Å². The molecule has 2 rings (SSSR count). The third-order valence-corrected chi connectivity index (χ3v) is 3.56. The average molecular weight is 382 g/mol.